The molecule has 0 fully saturated rings. The van der Waals surface area contributed by atoms with Crippen LogP contribution in [0.4, 0.5) is 18.9 Å². The number of aromatic nitrogens is 3. The van der Waals surface area contributed by atoms with Gasteiger partial charge in [-0.1, -0.05) is 53.2 Å². The molecule has 0 aliphatic carbocycles. The molecule has 4 rings (SSSR count). The number of nitrogens with one attached hydrogen (secondary N) is 1. The van der Waals surface area contributed by atoms with Gasteiger partial charge in [-0.15, -0.1) is 10.2 Å². The lowest BCUT2D eigenvalue weighted by Gasteiger charge is -2.11. The zero-order valence-corrected chi connectivity index (χ0v) is 19.5. The van der Waals surface area contributed by atoms with E-state index in [1.807, 2.05) is 6.07 Å². The monoisotopic (exact) mass is 522 g/mol. The Morgan fingerprint density at radius 3 is 2.38 bits per heavy atom. The van der Waals surface area contributed by atoms with E-state index in [-0.39, 0.29) is 11.4 Å². The molecular weight excluding hydrogens is 508 g/mol. The van der Waals surface area contributed by atoms with Crippen LogP contribution in [0, 0.1) is 0 Å². The number of anilines is 1. The summed E-state index contributed by atoms with van der Waals surface area (Å²) in [7, 11) is 0. The topological polar surface area (TPSA) is 59.8 Å². The van der Waals surface area contributed by atoms with Gasteiger partial charge in [-0.2, -0.15) is 13.2 Å². The van der Waals surface area contributed by atoms with Crippen LogP contribution < -0.4 is 5.32 Å². The summed E-state index contributed by atoms with van der Waals surface area (Å²) < 4.78 is 40.5. The van der Waals surface area contributed by atoms with E-state index in [1.54, 1.807) is 47.0 Å². The Kier molecular flexibility index (Phi) is 7.16. The molecule has 1 N–H and O–H groups in total. The molecule has 34 heavy (non-hydrogen) atoms. The number of halogens is 5. The summed E-state index contributed by atoms with van der Waals surface area (Å²) in [5.41, 5.74) is 0.645. The van der Waals surface area contributed by atoms with Gasteiger partial charge in [-0.3, -0.25) is 9.36 Å². The zero-order chi connectivity index (χ0) is 24.3. The molecule has 0 aliphatic rings. The van der Waals surface area contributed by atoms with Crippen molar-refractivity contribution in [2.45, 2.75) is 11.3 Å². The first-order valence-electron chi connectivity index (χ1n) is 9.78. The summed E-state index contributed by atoms with van der Waals surface area (Å²) in [6, 6.07) is 18.6. The quantitative estimate of drug-likeness (QED) is 0.277. The van der Waals surface area contributed by atoms with E-state index in [9.17, 15) is 18.0 Å². The molecule has 4 aromatic rings. The molecule has 0 spiro atoms. The van der Waals surface area contributed by atoms with Crippen molar-refractivity contribution < 1.29 is 18.0 Å². The van der Waals surface area contributed by atoms with Gasteiger partial charge in [-0.05, 0) is 54.6 Å². The lowest BCUT2D eigenvalue weighted by atomic mass is 10.2. The van der Waals surface area contributed by atoms with Crippen molar-refractivity contribution in [1.82, 2.24) is 14.8 Å². The Morgan fingerprint density at radius 2 is 1.68 bits per heavy atom. The first-order chi connectivity index (χ1) is 16.2. The average molecular weight is 523 g/mol. The highest BCUT2D eigenvalue weighted by atomic mass is 35.5. The molecule has 5 nitrogen and oxygen atoms in total. The lowest BCUT2D eigenvalue weighted by molar-refractivity contribution is -0.137. The number of rotatable bonds is 6. The lowest BCUT2D eigenvalue weighted by Crippen LogP contribution is -2.15. The van der Waals surface area contributed by atoms with Crippen LogP contribution in [0.15, 0.2) is 78.0 Å². The molecule has 0 atom stereocenters. The number of thioether (sulfide) groups is 1. The van der Waals surface area contributed by atoms with Crippen molar-refractivity contribution in [3.05, 3.63) is 88.4 Å². The fourth-order valence-electron chi connectivity index (χ4n) is 3.10. The van der Waals surface area contributed by atoms with Gasteiger partial charge in [0.15, 0.2) is 11.0 Å². The Balaban J connectivity index is 1.57. The zero-order valence-electron chi connectivity index (χ0n) is 17.2. The largest absolute Gasteiger partial charge is 0.416 e. The summed E-state index contributed by atoms with van der Waals surface area (Å²) in [5, 5.41) is 12.5. The number of carbonyl (C=O) groups excluding carboxylic acids is 1. The minimum Gasteiger partial charge on any atom is -0.325 e. The minimum atomic E-state index is -4.50. The van der Waals surface area contributed by atoms with E-state index >= 15 is 0 Å². The minimum absolute atomic E-state index is 0.0548. The van der Waals surface area contributed by atoms with Crippen LogP contribution in [-0.4, -0.2) is 26.4 Å². The van der Waals surface area contributed by atoms with Crippen molar-refractivity contribution in [1.29, 1.82) is 0 Å². The first-order valence-corrected chi connectivity index (χ1v) is 11.5. The molecular formula is C23H15Cl2F3N4OS. The number of benzene rings is 3. The van der Waals surface area contributed by atoms with Crippen LogP contribution in [0.3, 0.4) is 0 Å². The van der Waals surface area contributed by atoms with Gasteiger partial charge in [0.2, 0.25) is 5.91 Å². The fourth-order valence-corrected chi connectivity index (χ4v) is 4.17. The molecule has 174 valence electrons. The molecule has 0 unspecified atom stereocenters. The van der Waals surface area contributed by atoms with E-state index in [4.69, 9.17) is 23.2 Å². The molecule has 0 saturated heterocycles. The van der Waals surface area contributed by atoms with E-state index in [0.717, 1.165) is 29.5 Å². The maximum atomic E-state index is 12.9. The van der Waals surface area contributed by atoms with Gasteiger partial charge in [0.1, 0.15) is 0 Å². The van der Waals surface area contributed by atoms with Gasteiger partial charge in [0, 0.05) is 27.0 Å². The third-order valence-corrected chi connectivity index (χ3v) is 6.02. The van der Waals surface area contributed by atoms with E-state index < -0.39 is 17.6 Å². The van der Waals surface area contributed by atoms with Crippen molar-refractivity contribution in [3.8, 4) is 17.1 Å². The summed E-state index contributed by atoms with van der Waals surface area (Å²) in [4.78, 5) is 12.5. The Bertz CT molecular complexity index is 1330. The first kappa shape index (κ1) is 24.1. The van der Waals surface area contributed by atoms with Crippen molar-refractivity contribution in [3.63, 3.8) is 0 Å². The molecule has 0 saturated carbocycles. The Morgan fingerprint density at radius 1 is 0.941 bits per heavy atom. The van der Waals surface area contributed by atoms with Crippen molar-refractivity contribution in [2.75, 3.05) is 11.1 Å². The second-order valence-corrected chi connectivity index (χ2v) is 8.86. The van der Waals surface area contributed by atoms with Gasteiger partial charge in [0.05, 0.1) is 11.3 Å². The third-order valence-electron chi connectivity index (χ3n) is 4.61. The molecule has 1 amide bonds. The summed E-state index contributed by atoms with van der Waals surface area (Å²) >= 11 is 13.3. The highest BCUT2D eigenvalue weighted by Crippen LogP contribution is 2.32. The van der Waals surface area contributed by atoms with Crippen molar-refractivity contribution in [2.24, 2.45) is 0 Å². The number of alkyl halides is 3. The van der Waals surface area contributed by atoms with E-state index in [1.165, 1.54) is 12.1 Å². The third kappa shape index (κ3) is 5.72. The average Bonchev–Trinajstić information content (AvgIpc) is 3.22. The van der Waals surface area contributed by atoms with Crippen LogP contribution in [-0.2, 0) is 11.0 Å². The van der Waals surface area contributed by atoms with Gasteiger partial charge < -0.3 is 5.32 Å². The predicted octanol–water partition coefficient (Wildman–Crippen LogP) is 6.99. The summed E-state index contributed by atoms with van der Waals surface area (Å²) in [6.45, 7) is 0. The summed E-state index contributed by atoms with van der Waals surface area (Å²) in [6.07, 6.45) is -4.50. The second kappa shape index (κ2) is 10.1. The van der Waals surface area contributed by atoms with Crippen LogP contribution in [0.5, 0.6) is 0 Å². The molecule has 0 radical (unpaired) electrons. The molecule has 1 heterocycles. The molecule has 0 aliphatic heterocycles. The molecule has 11 heteroatoms. The highest BCUT2D eigenvalue weighted by Gasteiger charge is 2.30. The number of carbonyl (C=O) groups is 1. The Hall–Kier alpha value is -3.01. The smallest absolute Gasteiger partial charge is 0.325 e. The molecule has 1 aromatic heterocycles. The van der Waals surface area contributed by atoms with Crippen molar-refractivity contribution >= 4 is 46.6 Å². The van der Waals surface area contributed by atoms with Crippen LogP contribution in [0.2, 0.25) is 10.0 Å². The number of hydrogen-bond donors (Lipinski definition) is 1. The van der Waals surface area contributed by atoms with Gasteiger partial charge >= 0.3 is 6.18 Å². The van der Waals surface area contributed by atoms with Crippen LogP contribution in [0.1, 0.15) is 5.56 Å². The SMILES string of the molecule is O=C(CSc1nnc(-c2cccc(Cl)c2)n1-c1ccc(Cl)cc1)Nc1cccc(C(F)(F)F)c1. The maximum Gasteiger partial charge on any atom is 0.416 e. The second-order valence-electron chi connectivity index (χ2n) is 7.04. The van der Waals surface area contributed by atoms with Gasteiger partial charge in [0.25, 0.3) is 0 Å². The standard InChI is InChI=1S/C23H15Cl2F3N4OS/c24-16-7-9-19(10-8-16)32-21(14-3-1-5-17(25)11-14)30-31-22(32)34-13-20(33)29-18-6-2-4-15(12-18)23(26,27)28/h1-12H,13H2,(H,29,33). The fraction of sp³-hybridized carbons (Fsp3) is 0.0870. The maximum absolute atomic E-state index is 12.9. The van der Waals surface area contributed by atoms with Crippen LogP contribution in [0.25, 0.3) is 17.1 Å². The predicted molar refractivity (Wildman–Crippen MR) is 128 cm³/mol. The number of nitrogens with zero attached hydrogens (tertiary/aromatic N) is 3. The van der Waals surface area contributed by atoms with E-state index in [2.05, 4.69) is 15.5 Å². The Labute approximate surface area is 206 Å². The molecule has 3 aromatic carbocycles. The van der Waals surface area contributed by atoms with Gasteiger partial charge in [-0.25, -0.2) is 0 Å². The number of hydrogen-bond acceptors (Lipinski definition) is 4. The van der Waals surface area contributed by atoms with E-state index in [0.29, 0.717) is 26.7 Å². The summed E-state index contributed by atoms with van der Waals surface area (Å²) in [5.74, 6) is -0.0813. The normalized spacial score (nSPS) is 11.4. The highest BCUT2D eigenvalue weighted by molar-refractivity contribution is 7.99. The molecule has 0 bridgehead atoms. The van der Waals surface area contributed by atoms with Crippen LogP contribution >= 0.6 is 35.0 Å². The number of amides is 1.